The molecule has 0 unspecified atom stereocenters. The highest BCUT2D eigenvalue weighted by molar-refractivity contribution is 6.30. The molecule has 2 heterocycles. The number of aromatic amines is 1. The first-order valence-electron chi connectivity index (χ1n) is 10.4. The first kappa shape index (κ1) is 20.3. The minimum atomic E-state index is -0.176. The van der Waals surface area contributed by atoms with Crippen molar-refractivity contribution in [3.63, 3.8) is 0 Å². The zero-order chi connectivity index (χ0) is 21.9. The van der Waals surface area contributed by atoms with E-state index in [-0.39, 0.29) is 12.8 Å². The van der Waals surface area contributed by atoms with E-state index in [0.717, 1.165) is 23.3 Å². The van der Waals surface area contributed by atoms with Crippen molar-refractivity contribution in [3.8, 4) is 11.5 Å². The van der Waals surface area contributed by atoms with Crippen molar-refractivity contribution in [2.75, 3.05) is 18.7 Å². The Bertz CT molecular complexity index is 1250. The second-order valence-electron chi connectivity index (χ2n) is 7.66. The molecular weight excluding hydrogens is 426 g/mol. The highest BCUT2D eigenvalue weighted by Gasteiger charge is 2.18. The standard InChI is InChI=1S/C25H22ClN3O3/c26-19-6-8-20(9-7-19)28-25(30)29(15-17-5-10-23-24(13-17)32-16-31-23)12-11-18-14-27-22-4-2-1-3-21(18)22/h1-10,13-14,27H,11-12,15-16H2,(H,28,30). The quantitative estimate of drug-likeness (QED) is 0.391. The second-order valence-corrected chi connectivity index (χ2v) is 8.09. The number of carbonyl (C=O) groups excluding carboxylic acids is 1. The number of nitrogens with one attached hydrogen (secondary N) is 2. The van der Waals surface area contributed by atoms with E-state index >= 15 is 0 Å². The first-order chi connectivity index (χ1) is 15.7. The Morgan fingerprint density at radius 1 is 1.03 bits per heavy atom. The van der Waals surface area contributed by atoms with E-state index in [2.05, 4.69) is 22.4 Å². The smallest absolute Gasteiger partial charge is 0.322 e. The maximum atomic E-state index is 13.2. The van der Waals surface area contributed by atoms with Crippen LogP contribution in [0.1, 0.15) is 11.1 Å². The number of urea groups is 1. The topological polar surface area (TPSA) is 66.6 Å². The van der Waals surface area contributed by atoms with Crippen molar-refractivity contribution in [1.82, 2.24) is 9.88 Å². The van der Waals surface area contributed by atoms with Crippen molar-refractivity contribution in [2.24, 2.45) is 0 Å². The first-order valence-corrected chi connectivity index (χ1v) is 10.8. The SMILES string of the molecule is O=C(Nc1ccc(Cl)cc1)N(CCc1c[nH]c2ccccc12)Cc1ccc2c(c1)OCO2. The molecule has 6 nitrogen and oxygen atoms in total. The summed E-state index contributed by atoms with van der Waals surface area (Å²) in [5.41, 5.74) is 3.94. The highest BCUT2D eigenvalue weighted by atomic mass is 35.5. The lowest BCUT2D eigenvalue weighted by atomic mass is 10.1. The number of rotatable bonds is 6. The monoisotopic (exact) mass is 447 g/mol. The Balaban J connectivity index is 1.35. The summed E-state index contributed by atoms with van der Waals surface area (Å²) in [6.07, 6.45) is 2.74. The second kappa shape index (κ2) is 8.85. The Hall–Kier alpha value is -3.64. The van der Waals surface area contributed by atoms with Crippen LogP contribution in [-0.4, -0.2) is 29.3 Å². The highest BCUT2D eigenvalue weighted by Crippen LogP contribution is 2.33. The van der Waals surface area contributed by atoms with Gasteiger partial charge in [-0.3, -0.25) is 0 Å². The molecule has 0 bridgehead atoms. The number of hydrogen-bond donors (Lipinski definition) is 2. The zero-order valence-electron chi connectivity index (χ0n) is 17.3. The molecule has 0 radical (unpaired) electrons. The van der Waals surface area contributed by atoms with Crippen molar-refractivity contribution in [2.45, 2.75) is 13.0 Å². The molecule has 2 N–H and O–H groups in total. The fourth-order valence-electron chi connectivity index (χ4n) is 3.84. The molecule has 162 valence electrons. The minimum absolute atomic E-state index is 0.176. The number of amides is 2. The van der Waals surface area contributed by atoms with Gasteiger partial charge in [-0.2, -0.15) is 0 Å². The van der Waals surface area contributed by atoms with Crippen LogP contribution in [0.25, 0.3) is 10.9 Å². The molecule has 3 aromatic carbocycles. The van der Waals surface area contributed by atoms with Crippen molar-refractivity contribution in [1.29, 1.82) is 0 Å². The predicted molar refractivity (Wildman–Crippen MR) is 125 cm³/mol. The van der Waals surface area contributed by atoms with Gasteiger partial charge in [0.05, 0.1) is 0 Å². The number of benzene rings is 3. The molecule has 5 rings (SSSR count). The third-order valence-electron chi connectivity index (χ3n) is 5.52. The molecular formula is C25H22ClN3O3. The van der Waals surface area contributed by atoms with Crippen LogP contribution >= 0.6 is 11.6 Å². The Labute approximate surface area is 190 Å². The summed E-state index contributed by atoms with van der Waals surface area (Å²) in [5, 5.41) is 4.77. The predicted octanol–water partition coefficient (Wildman–Crippen LogP) is 5.83. The van der Waals surface area contributed by atoms with Crippen LogP contribution in [-0.2, 0) is 13.0 Å². The van der Waals surface area contributed by atoms with Crippen LogP contribution in [0.5, 0.6) is 11.5 Å². The van der Waals surface area contributed by atoms with Crippen LogP contribution in [0.3, 0.4) is 0 Å². The molecule has 1 aliphatic heterocycles. The van der Waals surface area contributed by atoms with Crippen molar-refractivity contribution < 1.29 is 14.3 Å². The number of hydrogen-bond acceptors (Lipinski definition) is 3. The molecule has 0 saturated heterocycles. The summed E-state index contributed by atoms with van der Waals surface area (Å²) in [6, 6.07) is 20.9. The van der Waals surface area contributed by atoms with Crippen LogP contribution < -0.4 is 14.8 Å². The largest absolute Gasteiger partial charge is 0.454 e. The van der Waals surface area contributed by atoms with Gasteiger partial charge in [0, 0.05) is 40.9 Å². The number of aromatic nitrogens is 1. The van der Waals surface area contributed by atoms with E-state index in [1.807, 2.05) is 36.5 Å². The van der Waals surface area contributed by atoms with Gasteiger partial charge < -0.3 is 24.7 Å². The van der Waals surface area contributed by atoms with E-state index < -0.39 is 0 Å². The average Bonchev–Trinajstić information content (AvgIpc) is 3.44. The number of H-pyrrole nitrogens is 1. The molecule has 0 aliphatic carbocycles. The third-order valence-corrected chi connectivity index (χ3v) is 5.77. The molecule has 32 heavy (non-hydrogen) atoms. The van der Waals surface area contributed by atoms with E-state index in [4.69, 9.17) is 21.1 Å². The number of nitrogens with zero attached hydrogens (tertiary/aromatic N) is 1. The Morgan fingerprint density at radius 2 is 1.84 bits per heavy atom. The van der Waals surface area contributed by atoms with Crippen LogP contribution in [0, 0.1) is 0 Å². The van der Waals surface area contributed by atoms with Crippen molar-refractivity contribution >= 4 is 34.2 Å². The molecule has 1 aromatic heterocycles. The van der Waals surface area contributed by atoms with Gasteiger partial charge in [-0.05, 0) is 60.0 Å². The lowest BCUT2D eigenvalue weighted by molar-refractivity contribution is 0.174. The van der Waals surface area contributed by atoms with Gasteiger partial charge in [-0.1, -0.05) is 35.9 Å². The summed E-state index contributed by atoms with van der Waals surface area (Å²) >= 11 is 5.97. The maximum Gasteiger partial charge on any atom is 0.322 e. The van der Waals surface area contributed by atoms with Gasteiger partial charge in [0.25, 0.3) is 0 Å². The third kappa shape index (κ3) is 4.36. The lowest BCUT2D eigenvalue weighted by Gasteiger charge is -2.23. The summed E-state index contributed by atoms with van der Waals surface area (Å²) in [6.45, 7) is 1.22. The van der Waals surface area contributed by atoms with E-state index in [9.17, 15) is 4.79 Å². The summed E-state index contributed by atoms with van der Waals surface area (Å²) < 4.78 is 10.9. The number of carbonyl (C=O) groups is 1. The fraction of sp³-hybridized carbons (Fsp3) is 0.160. The van der Waals surface area contributed by atoms with Crippen LogP contribution in [0.4, 0.5) is 10.5 Å². The molecule has 0 atom stereocenters. The van der Waals surface area contributed by atoms with Crippen molar-refractivity contribution in [3.05, 3.63) is 89.1 Å². The van der Waals surface area contributed by atoms with Crippen LogP contribution in [0.15, 0.2) is 72.9 Å². The summed E-state index contributed by atoms with van der Waals surface area (Å²) in [5.74, 6) is 1.43. The maximum absolute atomic E-state index is 13.2. The number of halogens is 1. The van der Waals surface area contributed by atoms with Gasteiger partial charge in [0.2, 0.25) is 6.79 Å². The minimum Gasteiger partial charge on any atom is -0.454 e. The Morgan fingerprint density at radius 3 is 2.72 bits per heavy atom. The molecule has 0 fully saturated rings. The van der Waals surface area contributed by atoms with E-state index in [1.54, 1.807) is 29.2 Å². The van der Waals surface area contributed by atoms with Crippen LogP contribution in [0.2, 0.25) is 5.02 Å². The molecule has 1 aliphatic rings. The molecule has 2 amide bonds. The number of anilines is 1. The average molecular weight is 448 g/mol. The van der Waals surface area contributed by atoms with Gasteiger partial charge >= 0.3 is 6.03 Å². The van der Waals surface area contributed by atoms with Gasteiger partial charge in [0.1, 0.15) is 0 Å². The molecule has 0 saturated carbocycles. The van der Waals surface area contributed by atoms with E-state index in [0.29, 0.717) is 29.5 Å². The van der Waals surface area contributed by atoms with Gasteiger partial charge in [-0.25, -0.2) is 4.79 Å². The fourth-order valence-corrected chi connectivity index (χ4v) is 3.97. The molecule has 4 aromatic rings. The number of fused-ring (bicyclic) bond motifs is 2. The summed E-state index contributed by atoms with van der Waals surface area (Å²) in [4.78, 5) is 18.3. The normalized spacial score (nSPS) is 12.2. The lowest BCUT2D eigenvalue weighted by Crippen LogP contribution is -2.36. The number of ether oxygens (including phenoxy) is 2. The molecule has 7 heteroatoms. The van der Waals surface area contributed by atoms with Gasteiger partial charge in [0.15, 0.2) is 11.5 Å². The number of para-hydroxylation sites is 1. The van der Waals surface area contributed by atoms with E-state index in [1.165, 1.54) is 10.9 Å². The summed E-state index contributed by atoms with van der Waals surface area (Å²) in [7, 11) is 0. The zero-order valence-corrected chi connectivity index (χ0v) is 18.1. The molecule has 0 spiro atoms. The Kier molecular flexibility index (Phi) is 5.60. The van der Waals surface area contributed by atoms with Gasteiger partial charge in [-0.15, -0.1) is 0 Å².